The first-order chi connectivity index (χ1) is 9.58. The molecule has 2 rings (SSSR count). The van der Waals surface area contributed by atoms with Gasteiger partial charge in [0, 0.05) is 19.0 Å². The molecule has 3 atom stereocenters. The highest BCUT2D eigenvalue weighted by Gasteiger charge is 2.27. The van der Waals surface area contributed by atoms with Gasteiger partial charge in [0.25, 0.3) is 0 Å². The van der Waals surface area contributed by atoms with E-state index in [9.17, 15) is 4.79 Å². The smallest absolute Gasteiger partial charge is 0.223 e. The average Bonchev–Trinajstić information content (AvgIpc) is 2.47. The predicted molar refractivity (Wildman–Crippen MR) is 79.2 cm³/mol. The van der Waals surface area contributed by atoms with Crippen LogP contribution in [0.1, 0.15) is 38.3 Å². The average molecular weight is 276 g/mol. The molecule has 0 spiro atoms. The summed E-state index contributed by atoms with van der Waals surface area (Å²) in [4.78, 5) is 14.2. The number of amides is 1. The van der Waals surface area contributed by atoms with Crippen molar-refractivity contribution < 1.29 is 9.53 Å². The van der Waals surface area contributed by atoms with E-state index in [0.29, 0.717) is 26.0 Å². The molecule has 1 heterocycles. The molecule has 4 heteroatoms. The molecule has 1 saturated heterocycles. The molecule has 2 N–H and O–H groups in total. The zero-order valence-electron chi connectivity index (χ0n) is 12.3. The van der Waals surface area contributed by atoms with Gasteiger partial charge in [0.1, 0.15) is 0 Å². The van der Waals surface area contributed by atoms with Crippen LogP contribution in [0.4, 0.5) is 0 Å². The van der Waals surface area contributed by atoms with Gasteiger partial charge in [-0.25, -0.2) is 0 Å². The fourth-order valence-corrected chi connectivity index (χ4v) is 2.54. The second-order valence-corrected chi connectivity index (χ2v) is 5.59. The SMILES string of the molecule is CC1CN(C(=O)CCC(N)c2ccccc2)C(C)CO1. The lowest BCUT2D eigenvalue weighted by Gasteiger charge is -2.37. The van der Waals surface area contributed by atoms with Gasteiger partial charge in [0.2, 0.25) is 5.91 Å². The van der Waals surface area contributed by atoms with E-state index in [0.717, 1.165) is 5.56 Å². The third kappa shape index (κ3) is 3.81. The highest BCUT2D eigenvalue weighted by molar-refractivity contribution is 5.76. The second-order valence-electron chi connectivity index (χ2n) is 5.59. The maximum absolute atomic E-state index is 12.3. The second kappa shape index (κ2) is 6.86. The molecule has 4 nitrogen and oxygen atoms in total. The molecule has 1 amide bonds. The van der Waals surface area contributed by atoms with Gasteiger partial charge in [-0.05, 0) is 25.8 Å². The maximum Gasteiger partial charge on any atom is 0.223 e. The number of morpholine rings is 1. The molecule has 0 bridgehead atoms. The Morgan fingerprint density at radius 2 is 2.10 bits per heavy atom. The van der Waals surface area contributed by atoms with Crippen molar-refractivity contribution in [3.05, 3.63) is 35.9 Å². The Hall–Kier alpha value is -1.39. The molecular formula is C16H24N2O2. The molecule has 0 aromatic heterocycles. The van der Waals surface area contributed by atoms with Gasteiger partial charge >= 0.3 is 0 Å². The summed E-state index contributed by atoms with van der Waals surface area (Å²) < 4.78 is 5.55. The van der Waals surface area contributed by atoms with E-state index in [4.69, 9.17) is 10.5 Å². The number of carbonyl (C=O) groups is 1. The molecule has 0 radical (unpaired) electrons. The highest BCUT2D eigenvalue weighted by atomic mass is 16.5. The standard InChI is InChI=1S/C16H24N2O2/c1-12-11-20-13(2)10-18(12)16(19)9-8-15(17)14-6-4-3-5-7-14/h3-7,12-13,15H,8-11,17H2,1-2H3. The Morgan fingerprint density at radius 1 is 1.40 bits per heavy atom. The summed E-state index contributed by atoms with van der Waals surface area (Å²) in [7, 11) is 0. The summed E-state index contributed by atoms with van der Waals surface area (Å²) in [6.45, 7) is 5.33. The van der Waals surface area contributed by atoms with E-state index >= 15 is 0 Å². The van der Waals surface area contributed by atoms with Crippen LogP contribution >= 0.6 is 0 Å². The molecule has 3 unspecified atom stereocenters. The van der Waals surface area contributed by atoms with E-state index in [1.54, 1.807) is 0 Å². The molecule has 1 aliphatic rings. The molecule has 1 aromatic rings. The quantitative estimate of drug-likeness (QED) is 0.916. The minimum Gasteiger partial charge on any atom is -0.375 e. The van der Waals surface area contributed by atoms with E-state index < -0.39 is 0 Å². The lowest BCUT2D eigenvalue weighted by Crippen LogP contribution is -2.50. The summed E-state index contributed by atoms with van der Waals surface area (Å²) >= 11 is 0. The van der Waals surface area contributed by atoms with Gasteiger partial charge in [-0.2, -0.15) is 0 Å². The fourth-order valence-electron chi connectivity index (χ4n) is 2.54. The Bertz CT molecular complexity index is 435. The van der Waals surface area contributed by atoms with Gasteiger partial charge in [-0.1, -0.05) is 30.3 Å². The minimum atomic E-state index is -0.0751. The fraction of sp³-hybridized carbons (Fsp3) is 0.562. The summed E-state index contributed by atoms with van der Waals surface area (Å²) in [5.74, 6) is 0.180. The van der Waals surface area contributed by atoms with Crippen molar-refractivity contribution >= 4 is 5.91 Å². The van der Waals surface area contributed by atoms with E-state index in [1.165, 1.54) is 0 Å². The number of ether oxygens (including phenoxy) is 1. The van der Waals surface area contributed by atoms with Crippen LogP contribution in [0.3, 0.4) is 0 Å². The third-order valence-electron chi connectivity index (χ3n) is 3.83. The van der Waals surface area contributed by atoms with Crippen molar-refractivity contribution in [3.8, 4) is 0 Å². The van der Waals surface area contributed by atoms with Crippen LogP contribution in [-0.2, 0) is 9.53 Å². The largest absolute Gasteiger partial charge is 0.375 e. The van der Waals surface area contributed by atoms with Crippen molar-refractivity contribution in [3.63, 3.8) is 0 Å². The number of rotatable bonds is 4. The van der Waals surface area contributed by atoms with Gasteiger partial charge in [-0.15, -0.1) is 0 Å². The number of carbonyl (C=O) groups excluding carboxylic acids is 1. The van der Waals surface area contributed by atoms with Crippen molar-refractivity contribution in [2.24, 2.45) is 5.73 Å². The minimum absolute atomic E-state index is 0.0751. The van der Waals surface area contributed by atoms with Crippen LogP contribution in [0.2, 0.25) is 0 Å². The summed E-state index contributed by atoms with van der Waals surface area (Å²) in [6.07, 6.45) is 1.30. The molecule has 0 aliphatic carbocycles. The molecular weight excluding hydrogens is 252 g/mol. The summed E-state index contributed by atoms with van der Waals surface area (Å²) in [5.41, 5.74) is 7.23. The van der Waals surface area contributed by atoms with Gasteiger partial charge < -0.3 is 15.4 Å². The Morgan fingerprint density at radius 3 is 2.80 bits per heavy atom. The Kier molecular flexibility index (Phi) is 5.15. The predicted octanol–water partition coefficient (Wildman–Crippen LogP) is 2.10. The van der Waals surface area contributed by atoms with E-state index in [-0.39, 0.29) is 24.1 Å². The number of benzene rings is 1. The Labute approximate surface area is 120 Å². The first kappa shape index (κ1) is 15.0. The third-order valence-corrected chi connectivity index (χ3v) is 3.83. The first-order valence-electron chi connectivity index (χ1n) is 7.29. The zero-order valence-corrected chi connectivity index (χ0v) is 12.3. The van der Waals surface area contributed by atoms with Crippen LogP contribution in [0.25, 0.3) is 0 Å². The van der Waals surface area contributed by atoms with Crippen LogP contribution in [0.5, 0.6) is 0 Å². The van der Waals surface area contributed by atoms with Gasteiger partial charge in [0.05, 0.1) is 18.8 Å². The maximum atomic E-state index is 12.3. The normalized spacial score (nSPS) is 24.4. The lowest BCUT2D eigenvalue weighted by atomic mass is 10.0. The molecule has 110 valence electrons. The lowest BCUT2D eigenvalue weighted by molar-refractivity contribution is -0.143. The van der Waals surface area contributed by atoms with Crippen molar-refractivity contribution in [2.75, 3.05) is 13.2 Å². The molecule has 1 aliphatic heterocycles. The number of nitrogens with two attached hydrogens (primary N) is 1. The molecule has 20 heavy (non-hydrogen) atoms. The summed E-state index contributed by atoms with van der Waals surface area (Å²) in [5, 5.41) is 0. The van der Waals surface area contributed by atoms with Crippen LogP contribution in [0.15, 0.2) is 30.3 Å². The van der Waals surface area contributed by atoms with Crippen molar-refractivity contribution in [2.45, 2.75) is 44.9 Å². The Balaban J connectivity index is 1.85. The first-order valence-corrected chi connectivity index (χ1v) is 7.29. The van der Waals surface area contributed by atoms with E-state index in [1.807, 2.05) is 49.1 Å². The summed E-state index contributed by atoms with van der Waals surface area (Å²) in [6, 6.07) is 10.0. The highest BCUT2D eigenvalue weighted by Crippen LogP contribution is 2.18. The number of hydrogen-bond acceptors (Lipinski definition) is 3. The van der Waals surface area contributed by atoms with Crippen LogP contribution < -0.4 is 5.73 Å². The monoisotopic (exact) mass is 276 g/mol. The van der Waals surface area contributed by atoms with Crippen molar-refractivity contribution in [1.82, 2.24) is 4.90 Å². The van der Waals surface area contributed by atoms with Crippen molar-refractivity contribution in [1.29, 1.82) is 0 Å². The van der Waals surface area contributed by atoms with E-state index in [2.05, 4.69) is 0 Å². The molecule has 1 aromatic carbocycles. The molecule has 0 saturated carbocycles. The zero-order chi connectivity index (χ0) is 14.5. The number of hydrogen-bond donors (Lipinski definition) is 1. The topological polar surface area (TPSA) is 55.6 Å². The van der Waals surface area contributed by atoms with Gasteiger partial charge in [0.15, 0.2) is 0 Å². The van der Waals surface area contributed by atoms with Crippen LogP contribution in [0, 0.1) is 0 Å². The van der Waals surface area contributed by atoms with Crippen LogP contribution in [-0.4, -0.2) is 36.1 Å². The molecule has 1 fully saturated rings. The van der Waals surface area contributed by atoms with Gasteiger partial charge in [-0.3, -0.25) is 4.79 Å². The number of nitrogens with zero attached hydrogens (tertiary/aromatic N) is 1.